The molecule has 0 N–H and O–H groups in total. The average molecular weight is 302 g/mol. The molecular formula is C18H26N2O2. The highest BCUT2D eigenvalue weighted by Gasteiger charge is 2.34. The molecule has 3 saturated heterocycles. The molecule has 0 unspecified atom stereocenters. The van der Waals surface area contributed by atoms with Gasteiger partial charge in [0.1, 0.15) is 5.75 Å². The molecule has 0 spiro atoms. The highest BCUT2D eigenvalue weighted by Crippen LogP contribution is 2.27. The monoisotopic (exact) mass is 302 g/mol. The van der Waals surface area contributed by atoms with Gasteiger partial charge in [0.15, 0.2) is 0 Å². The van der Waals surface area contributed by atoms with Crippen molar-refractivity contribution in [3.63, 3.8) is 0 Å². The SMILES string of the molecule is CN1C[C@@H]2CC[C@H]1CN(C(=O)CCCOc1ccccc1)C2. The first-order chi connectivity index (χ1) is 10.7. The molecule has 2 atom stereocenters. The molecule has 4 nitrogen and oxygen atoms in total. The maximum Gasteiger partial charge on any atom is 0.222 e. The number of carbonyl (C=O) groups is 1. The van der Waals surface area contributed by atoms with Crippen LogP contribution in [-0.4, -0.2) is 55.0 Å². The van der Waals surface area contributed by atoms with Gasteiger partial charge in [0.05, 0.1) is 6.61 Å². The lowest BCUT2D eigenvalue weighted by Gasteiger charge is -2.32. The Hall–Kier alpha value is -1.55. The van der Waals surface area contributed by atoms with Gasteiger partial charge in [-0.2, -0.15) is 0 Å². The first-order valence-electron chi connectivity index (χ1n) is 8.38. The number of carbonyl (C=O) groups excluding carboxylic acids is 1. The number of amides is 1. The van der Waals surface area contributed by atoms with E-state index in [0.29, 0.717) is 30.9 Å². The van der Waals surface area contributed by atoms with Crippen LogP contribution in [0.25, 0.3) is 0 Å². The molecule has 1 amide bonds. The van der Waals surface area contributed by atoms with Gasteiger partial charge in [-0.15, -0.1) is 0 Å². The lowest BCUT2D eigenvalue weighted by atomic mass is 9.96. The van der Waals surface area contributed by atoms with Crippen molar-refractivity contribution in [2.75, 3.05) is 33.3 Å². The van der Waals surface area contributed by atoms with E-state index in [4.69, 9.17) is 4.74 Å². The molecule has 4 rings (SSSR count). The van der Waals surface area contributed by atoms with Gasteiger partial charge in [0.2, 0.25) is 5.91 Å². The predicted octanol–water partition coefficient (Wildman–Crippen LogP) is 2.40. The third kappa shape index (κ3) is 3.80. The summed E-state index contributed by atoms with van der Waals surface area (Å²) < 4.78 is 5.66. The summed E-state index contributed by atoms with van der Waals surface area (Å²) in [7, 11) is 2.19. The molecule has 3 aliphatic rings. The topological polar surface area (TPSA) is 32.8 Å². The highest BCUT2D eigenvalue weighted by atomic mass is 16.5. The number of hydrogen-bond donors (Lipinski definition) is 0. The molecular weight excluding hydrogens is 276 g/mol. The Labute approximate surface area is 133 Å². The largest absolute Gasteiger partial charge is 0.494 e. The Morgan fingerprint density at radius 2 is 2.00 bits per heavy atom. The van der Waals surface area contributed by atoms with Crippen LogP contribution in [0, 0.1) is 5.92 Å². The summed E-state index contributed by atoms with van der Waals surface area (Å²) >= 11 is 0. The van der Waals surface area contributed by atoms with Gasteiger partial charge < -0.3 is 14.5 Å². The standard InChI is InChI=1S/C18H26N2O2/c1-19-12-15-9-10-16(19)14-20(13-15)18(21)8-5-11-22-17-6-3-2-4-7-17/h2-4,6-7,15-16H,5,8-14H2,1H3/t15-,16-/m0/s1. The van der Waals surface area contributed by atoms with E-state index in [-0.39, 0.29) is 0 Å². The van der Waals surface area contributed by atoms with Crippen molar-refractivity contribution in [1.82, 2.24) is 9.80 Å². The van der Waals surface area contributed by atoms with Gasteiger partial charge in [-0.1, -0.05) is 18.2 Å². The molecule has 3 heterocycles. The smallest absolute Gasteiger partial charge is 0.222 e. The number of rotatable bonds is 5. The Morgan fingerprint density at radius 1 is 1.18 bits per heavy atom. The number of hydrogen-bond acceptors (Lipinski definition) is 3. The van der Waals surface area contributed by atoms with Crippen LogP contribution in [0.5, 0.6) is 5.75 Å². The molecule has 2 bridgehead atoms. The molecule has 3 aliphatic heterocycles. The number of para-hydroxylation sites is 1. The summed E-state index contributed by atoms with van der Waals surface area (Å²) in [6, 6.07) is 10.4. The van der Waals surface area contributed by atoms with E-state index in [1.807, 2.05) is 30.3 Å². The number of piperidine rings is 1. The Balaban J connectivity index is 1.42. The lowest BCUT2D eigenvalue weighted by molar-refractivity contribution is -0.131. The molecule has 3 fully saturated rings. The third-order valence-electron chi connectivity index (χ3n) is 4.89. The molecule has 1 aromatic rings. The normalized spacial score (nSPS) is 25.0. The second-order valence-corrected chi connectivity index (χ2v) is 6.60. The minimum absolute atomic E-state index is 0.295. The quantitative estimate of drug-likeness (QED) is 0.783. The molecule has 4 heteroatoms. The molecule has 0 aliphatic carbocycles. The summed E-state index contributed by atoms with van der Waals surface area (Å²) in [6.45, 7) is 3.60. The summed E-state index contributed by atoms with van der Waals surface area (Å²) in [5, 5.41) is 0. The Morgan fingerprint density at radius 3 is 2.77 bits per heavy atom. The van der Waals surface area contributed by atoms with Crippen molar-refractivity contribution in [2.45, 2.75) is 31.7 Å². The van der Waals surface area contributed by atoms with Crippen molar-refractivity contribution in [3.05, 3.63) is 30.3 Å². The summed E-state index contributed by atoms with van der Waals surface area (Å²) in [6.07, 6.45) is 3.89. The number of benzene rings is 1. The van der Waals surface area contributed by atoms with Crippen LogP contribution >= 0.6 is 0 Å². The average Bonchev–Trinajstić information content (AvgIpc) is 2.84. The van der Waals surface area contributed by atoms with Gasteiger partial charge in [0.25, 0.3) is 0 Å². The van der Waals surface area contributed by atoms with E-state index in [9.17, 15) is 4.79 Å². The van der Waals surface area contributed by atoms with E-state index in [0.717, 1.165) is 31.8 Å². The third-order valence-corrected chi connectivity index (χ3v) is 4.89. The van der Waals surface area contributed by atoms with E-state index >= 15 is 0 Å². The first kappa shape index (κ1) is 15.3. The zero-order valence-corrected chi connectivity index (χ0v) is 13.4. The molecule has 0 aromatic heterocycles. The fourth-order valence-corrected chi connectivity index (χ4v) is 3.61. The van der Waals surface area contributed by atoms with E-state index in [1.165, 1.54) is 12.8 Å². The number of nitrogens with zero attached hydrogens (tertiary/aromatic N) is 2. The number of likely N-dealkylation sites (N-methyl/N-ethyl adjacent to an activating group) is 1. The van der Waals surface area contributed by atoms with Gasteiger partial charge in [-0.25, -0.2) is 0 Å². The van der Waals surface area contributed by atoms with Crippen molar-refractivity contribution in [2.24, 2.45) is 5.92 Å². The van der Waals surface area contributed by atoms with Crippen LogP contribution < -0.4 is 4.74 Å². The summed E-state index contributed by atoms with van der Waals surface area (Å²) in [5.41, 5.74) is 0. The Kier molecular flexibility index (Phi) is 4.98. The first-order valence-corrected chi connectivity index (χ1v) is 8.38. The minimum Gasteiger partial charge on any atom is -0.494 e. The highest BCUT2D eigenvalue weighted by molar-refractivity contribution is 5.76. The second-order valence-electron chi connectivity index (χ2n) is 6.60. The second kappa shape index (κ2) is 7.14. The van der Waals surface area contributed by atoms with Crippen molar-refractivity contribution >= 4 is 5.91 Å². The van der Waals surface area contributed by atoms with Crippen LogP contribution in [0.3, 0.4) is 0 Å². The van der Waals surface area contributed by atoms with E-state index < -0.39 is 0 Å². The maximum absolute atomic E-state index is 12.4. The fraction of sp³-hybridized carbons (Fsp3) is 0.611. The number of ether oxygens (including phenoxy) is 1. The maximum atomic E-state index is 12.4. The van der Waals surface area contributed by atoms with Gasteiger partial charge in [-0.05, 0) is 44.4 Å². The van der Waals surface area contributed by atoms with Crippen LogP contribution in [0.15, 0.2) is 30.3 Å². The molecule has 0 saturated carbocycles. The van der Waals surface area contributed by atoms with Crippen LogP contribution in [0.1, 0.15) is 25.7 Å². The van der Waals surface area contributed by atoms with E-state index in [1.54, 1.807) is 0 Å². The van der Waals surface area contributed by atoms with Gasteiger partial charge in [-0.3, -0.25) is 4.79 Å². The van der Waals surface area contributed by atoms with Crippen molar-refractivity contribution in [3.8, 4) is 5.75 Å². The molecule has 120 valence electrons. The summed E-state index contributed by atoms with van der Waals surface area (Å²) in [4.78, 5) is 17.0. The van der Waals surface area contributed by atoms with Crippen LogP contribution in [-0.2, 0) is 4.79 Å². The number of fused-ring (bicyclic) bond motifs is 4. The van der Waals surface area contributed by atoms with E-state index in [2.05, 4.69) is 16.8 Å². The van der Waals surface area contributed by atoms with Crippen molar-refractivity contribution in [1.29, 1.82) is 0 Å². The summed E-state index contributed by atoms with van der Waals surface area (Å²) in [5.74, 6) is 1.83. The minimum atomic E-state index is 0.295. The molecule has 1 aromatic carbocycles. The predicted molar refractivity (Wildman–Crippen MR) is 86.9 cm³/mol. The zero-order valence-electron chi connectivity index (χ0n) is 13.4. The van der Waals surface area contributed by atoms with Crippen molar-refractivity contribution < 1.29 is 9.53 Å². The van der Waals surface area contributed by atoms with Crippen LogP contribution in [0.4, 0.5) is 0 Å². The zero-order chi connectivity index (χ0) is 15.4. The van der Waals surface area contributed by atoms with Gasteiger partial charge >= 0.3 is 0 Å². The Bertz CT molecular complexity index is 491. The molecule has 22 heavy (non-hydrogen) atoms. The fourth-order valence-electron chi connectivity index (χ4n) is 3.61. The van der Waals surface area contributed by atoms with Gasteiger partial charge in [0, 0.05) is 32.1 Å². The lowest BCUT2D eigenvalue weighted by Crippen LogP contribution is -2.41. The molecule has 0 radical (unpaired) electrons. The van der Waals surface area contributed by atoms with Crippen LogP contribution in [0.2, 0.25) is 0 Å².